The van der Waals surface area contributed by atoms with E-state index in [1.54, 1.807) is 46.1 Å². The molecule has 0 aromatic heterocycles. The van der Waals surface area contributed by atoms with E-state index < -0.39 is 11.7 Å². The number of carbonyl (C=O) groups is 1. The molecule has 3 N–H and O–H groups in total. The van der Waals surface area contributed by atoms with E-state index in [1.165, 1.54) is 0 Å². The number of anilines is 2. The lowest BCUT2D eigenvalue weighted by Crippen LogP contribution is -2.27. The molecule has 0 radical (unpaired) electrons. The molecule has 1 aromatic rings. The maximum Gasteiger partial charge on any atom is 0.412 e. The van der Waals surface area contributed by atoms with Crippen LogP contribution in [0.1, 0.15) is 20.8 Å². The largest absolute Gasteiger partial charge is 0.497 e. The monoisotopic (exact) mass is 238 g/mol. The molecule has 0 aliphatic heterocycles. The minimum atomic E-state index is -0.544. The lowest BCUT2D eigenvalue weighted by atomic mass is 10.2. The van der Waals surface area contributed by atoms with Crippen LogP contribution in [0.15, 0.2) is 18.2 Å². The lowest BCUT2D eigenvalue weighted by molar-refractivity contribution is 0.0636. The van der Waals surface area contributed by atoms with E-state index in [2.05, 4.69) is 5.32 Å². The highest BCUT2D eigenvalue weighted by Gasteiger charge is 2.17. The molecule has 0 aliphatic rings. The van der Waals surface area contributed by atoms with Crippen LogP contribution in [-0.4, -0.2) is 18.8 Å². The molecule has 0 atom stereocenters. The number of nitrogen functional groups attached to an aromatic ring is 1. The molecule has 0 spiro atoms. The van der Waals surface area contributed by atoms with Gasteiger partial charge in [-0.25, -0.2) is 4.79 Å². The predicted octanol–water partition coefficient (Wildman–Crippen LogP) is 2.62. The first-order chi connectivity index (χ1) is 7.81. The third-order valence-electron chi connectivity index (χ3n) is 1.90. The SMILES string of the molecule is COc1ccc(N)c(NC(=O)OC(C)(C)C)c1. The van der Waals surface area contributed by atoms with Crippen molar-refractivity contribution in [3.05, 3.63) is 18.2 Å². The predicted molar refractivity (Wildman–Crippen MR) is 67.3 cm³/mol. The second-order valence-electron chi connectivity index (χ2n) is 4.58. The van der Waals surface area contributed by atoms with Crippen LogP contribution in [0.5, 0.6) is 5.75 Å². The normalized spacial score (nSPS) is 10.8. The Kier molecular flexibility index (Phi) is 3.83. The highest BCUT2D eigenvalue weighted by Crippen LogP contribution is 2.24. The highest BCUT2D eigenvalue weighted by atomic mass is 16.6. The van der Waals surface area contributed by atoms with Crippen molar-refractivity contribution in [3.63, 3.8) is 0 Å². The van der Waals surface area contributed by atoms with E-state index in [0.29, 0.717) is 17.1 Å². The van der Waals surface area contributed by atoms with Gasteiger partial charge in [0.1, 0.15) is 11.4 Å². The van der Waals surface area contributed by atoms with Gasteiger partial charge in [-0.15, -0.1) is 0 Å². The van der Waals surface area contributed by atoms with Gasteiger partial charge in [0, 0.05) is 6.07 Å². The van der Waals surface area contributed by atoms with Crippen molar-refractivity contribution in [2.45, 2.75) is 26.4 Å². The fourth-order valence-electron chi connectivity index (χ4n) is 1.18. The maximum atomic E-state index is 11.6. The number of ether oxygens (including phenoxy) is 2. The Morgan fingerprint density at radius 2 is 2.00 bits per heavy atom. The van der Waals surface area contributed by atoms with Crippen LogP contribution in [0, 0.1) is 0 Å². The van der Waals surface area contributed by atoms with Gasteiger partial charge < -0.3 is 15.2 Å². The summed E-state index contributed by atoms with van der Waals surface area (Å²) in [7, 11) is 1.54. The van der Waals surface area contributed by atoms with Gasteiger partial charge in [0.05, 0.1) is 18.5 Å². The van der Waals surface area contributed by atoms with Gasteiger partial charge in [-0.1, -0.05) is 0 Å². The first-order valence-corrected chi connectivity index (χ1v) is 5.25. The van der Waals surface area contributed by atoms with Gasteiger partial charge in [0.2, 0.25) is 0 Å². The smallest absolute Gasteiger partial charge is 0.412 e. The van der Waals surface area contributed by atoms with Gasteiger partial charge in [-0.3, -0.25) is 5.32 Å². The van der Waals surface area contributed by atoms with Crippen molar-refractivity contribution in [1.29, 1.82) is 0 Å². The molecule has 0 fully saturated rings. The Morgan fingerprint density at radius 3 is 2.53 bits per heavy atom. The number of benzene rings is 1. The molecule has 0 heterocycles. The van der Waals surface area contributed by atoms with Crippen LogP contribution in [0.25, 0.3) is 0 Å². The van der Waals surface area contributed by atoms with Crippen molar-refractivity contribution in [1.82, 2.24) is 0 Å². The van der Waals surface area contributed by atoms with Crippen LogP contribution < -0.4 is 15.8 Å². The number of amides is 1. The van der Waals surface area contributed by atoms with E-state index >= 15 is 0 Å². The van der Waals surface area contributed by atoms with Gasteiger partial charge in [-0.2, -0.15) is 0 Å². The second-order valence-corrected chi connectivity index (χ2v) is 4.58. The van der Waals surface area contributed by atoms with Gasteiger partial charge in [-0.05, 0) is 32.9 Å². The molecule has 0 unspecified atom stereocenters. The van der Waals surface area contributed by atoms with Crippen molar-refractivity contribution < 1.29 is 14.3 Å². The summed E-state index contributed by atoms with van der Waals surface area (Å²) in [6.45, 7) is 5.38. The summed E-state index contributed by atoms with van der Waals surface area (Å²) in [5, 5.41) is 2.58. The van der Waals surface area contributed by atoms with Crippen LogP contribution in [0.2, 0.25) is 0 Å². The standard InChI is InChI=1S/C12H18N2O3/c1-12(2,3)17-11(15)14-10-7-8(16-4)5-6-9(10)13/h5-7H,13H2,1-4H3,(H,14,15). The summed E-state index contributed by atoms with van der Waals surface area (Å²) in [4.78, 5) is 11.6. The third-order valence-corrected chi connectivity index (χ3v) is 1.90. The van der Waals surface area contributed by atoms with Crippen molar-refractivity contribution >= 4 is 17.5 Å². The summed E-state index contributed by atoms with van der Waals surface area (Å²) in [5.74, 6) is 0.616. The Hall–Kier alpha value is -1.91. The molecular weight excluding hydrogens is 220 g/mol. The van der Waals surface area contributed by atoms with E-state index in [0.717, 1.165) is 0 Å². The minimum absolute atomic E-state index is 0.455. The van der Waals surface area contributed by atoms with Crippen LogP contribution in [0.4, 0.5) is 16.2 Å². The Morgan fingerprint density at radius 1 is 1.35 bits per heavy atom. The molecule has 5 heteroatoms. The first kappa shape index (κ1) is 13.2. The van der Waals surface area contributed by atoms with Gasteiger partial charge >= 0.3 is 6.09 Å². The van der Waals surface area contributed by atoms with Crippen molar-refractivity contribution in [3.8, 4) is 5.75 Å². The lowest BCUT2D eigenvalue weighted by Gasteiger charge is -2.20. The molecule has 1 amide bonds. The fourth-order valence-corrected chi connectivity index (χ4v) is 1.18. The first-order valence-electron chi connectivity index (χ1n) is 5.25. The average molecular weight is 238 g/mol. The quantitative estimate of drug-likeness (QED) is 0.777. The molecule has 1 rings (SSSR count). The topological polar surface area (TPSA) is 73.6 Å². The molecule has 0 bridgehead atoms. The zero-order valence-corrected chi connectivity index (χ0v) is 10.5. The summed E-state index contributed by atoms with van der Waals surface area (Å²) < 4.78 is 10.2. The third kappa shape index (κ3) is 4.22. The Balaban J connectivity index is 2.77. The molecule has 0 aliphatic carbocycles. The maximum absolute atomic E-state index is 11.6. The number of rotatable bonds is 2. The molecule has 94 valence electrons. The van der Waals surface area contributed by atoms with Crippen molar-refractivity contribution in [2.24, 2.45) is 0 Å². The number of methoxy groups -OCH3 is 1. The van der Waals surface area contributed by atoms with E-state index in [1.807, 2.05) is 0 Å². The van der Waals surface area contributed by atoms with Crippen LogP contribution in [0.3, 0.4) is 0 Å². The van der Waals surface area contributed by atoms with Gasteiger partial charge in [0.15, 0.2) is 0 Å². The number of nitrogens with two attached hydrogens (primary N) is 1. The molecule has 0 saturated carbocycles. The number of hydrogen-bond acceptors (Lipinski definition) is 4. The molecule has 17 heavy (non-hydrogen) atoms. The molecular formula is C12H18N2O3. The average Bonchev–Trinajstić information content (AvgIpc) is 2.18. The highest BCUT2D eigenvalue weighted by molar-refractivity contribution is 5.89. The van der Waals surface area contributed by atoms with E-state index in [9.17, 15) is 4.79 Å². The van der Waals surface area contributed by atoms with Crippen LogP contribution >= 0.6 is 0 Å². The molecule has 5 nitrogen and oxygen atoms in total. The fraction of sp³-hybridized carbons (Fsp3) is 0.417. The summed E-state index contributed by atoms with van der Waals surface area (Å²) >= 11 is 0. The zero-order chi connectivity index (χ0) is 13.1. The van der Waals surface area contributed by atoms with E-state index in [-0.39, 0.29) is 0 Å². The van der Waals surface area contributed by atoms with Crippen molar-refractivity contribution in [2.75, 3.05) is 18.2 Å². The van der Waals surface area contributed by atoms with Crippen LogP contribution in [-0.2, 0) is 4.74 Å². The number of carbonyl (C=O) groups excluding carboxylic acids is 1. The number of nitrogens with one attached hydrogen (secondary N) is 1. The molecule has 1 aromatic carbocycles. The summed E-state index contributed by atoms with van der Waals surface area (Å²) in [6.07, 6.45) is -0.544. The second kappa shape index (κ2) is 4.95. The van der Waals surface area contributed by atoms with Gasteiger partial charge in [0.25, 0.3) is 0 Å². The summed E-state index contributed by atoms with van der Waals surface area (Å²) in [5.41, 5.74) is 6.11. The zero-order valence-electron chi connectivity index (χ0n) is 10.5. The minimum Gasteiger partial charge on any atom is -0.497 e. The van der Waals surface area contributed by atoms with E-state index in [4.69, 9.17) is 15.2 Å². The Labute approximate surface area is 101 Å². The number of hydrogen-bond donors (Lipinski definition) is 2. The summed E-state index contributed by atoms with van der Waals surface area (Å²) in [6, 6.07) is 5.01. The Bertz CT molecular complexity index is 411. The molecule has 0 saturated heterocycles.